The number of hydrogen-bond acceptors (Lipinski definition) is 3. The smallest absolute Gasteiger partial charge is 0.239 e. The van der Waals surface area contributed by atoms with Crippen LogP contribution in [0.1, 0.15) is 60.9 Å². The highest BCUT2D eigenvalue weighted by atomic mass is 32.1. The first-order chi connectivity index (χ1) is 9.99. The Balaban J connectivity index is 1.94. The predicted molar refractivity (Wildman–Crippen MR) is 89.9 cm³/mol. The van der Waals surface area contributed by atoms with Crippen molar-refractivity contribution in [2.45, 2.75) is 65.5 Å². The number of hydrogen-bond donors (Lipinski definition) is 1. The van der Waals surface area contributed by atoms with Gasteiger partial charge in [0.2, 0.25) is 5.91 Å². The Labute approximate surface area is 132 Å². The van der Waals surface area contributed by atoms with E-state index >= 15 is 0 Å². The van der Waals surface area contributed by atoms with Crippen LogP contribution >= 0.6 is 11.3 Å². The van der Waals surface area contributed by atoms with Crippen LogP contribution in [0.4, 0.5) is 0 Å². The molecule has 1 aromatic rings. The van der Waals surface area contributed by atoms with Crippen LogP contribution in [0, 0.1) is 13.8 Å². The van der Waals surface area contributed by atoms with E-state index in [1.165, 1.54) is 28.2 Å². The second kappa shape index (κ2) is 7.41. The number of rotatable bonds is 4. The number of aryl methyl sites for hydroxylation is 2. The zero-order valence-electron chi connectivity index (χ0n) is 13.7. The molecule has 2 rings (SSSR count). The standard InChI is InChI=1S/C17H28N2OS/c1-12-11-16(15(4)21-12)13(2)18-14(3)17(20)19-9-7-5-6-8-10-19/h11,13-14,18H,5-10H2,1-4H3. The summed E-state index contributed by atoms with van der Waals surface area (Å²) < 4.78 is 0. The fraction of sp³-hybridized carbons (Fsp3) is 0.706. The number of carbonyl (C=O) groups excluding carboxylic acids is 1. The third kappa shape index (κ3) is 4.30. The minimum Gasteiger partial charge on any atom is -0.341 e. The summed E-state index contributed by atoms with van der Waals surface area (Å²) in [6.07, 6.45) is 4.82. The molecule has 2 unspecified atom stereocenters. The highest BCUT2D eigenvalue weighted by Gasteiger charge is 2.23. The average molecular weight is 308 g/mol. The van der Waals surface area contributed by atoms with E-state index in [0.717, 1.165) is 25.9 Å². The number of likely N-dealkylation sites (tertiary alicyclic amines) is 1. The summed E-state index contributed by atoms with van der Waals surface area (Å²) in [6.45, 7) is 10.3. The molecule has 0 aliphatic carbocycles. The molecule has 1 amide bonds. The average Bonchev–Trinajstić information content (AvgIpc) is 2.67. The van der Waals surface area contributed by atoms with Crippen LogP contribution < -0.4 is 5.32 Å². The summed E-state index contributed by atoms with van der Waals surface area (Å²) in [5.74, 6) is 0.258. The highest BCUT2D eigenvalue weighted by molar-refractivity contribution is 7.12. The Bertz CT molecular complexity index is 475. The minimum atomic E-state index is -0.113. The molecular weight excluding hydrogens is 280 g/mol. The van der Waals surface area contributed by atoms with Crippen LogP contribution in [0.15, 0.2) is 6.07 Å². The van der Waals surface area contributed by atoms with E-state index in [0.29, 0.717) is 0 Å². The van der Waals surface area contributed by atoms with Crippen molar-refractivity contribution < 1.29 is 4.79 Å². The molecule has 1 N–H and O–H groups in total. The molecule has 21 heavy (non-hydrogen) atoms. The van der Waals surface area contributed by atoms with Crippen LogP contribution in [0.2, 0.25) is 0 Å². The first-order valence-electron chi connectivity index (χ1n) is 8.11. The minimum absolute atomic E-state index is 0.113. The van der Waals surface area contributed by atoms with Crippen molar-refractivity contribution >= 4 is 17.2 Å². The summed E-state index contributed by atoms with van der Waals surface area (Å²) >= 11 is 1.83. The van der Waals surface area contributed by atoms with Gasteiger partial charge in [0.15, 0.2) is 0 Å². The molecule has 1 aliphatic rings. The number of nitrogens with zero attached hydrogens (tertiary/aromatic N) is 1. The molecule has 2 heterocycles. The third-order valence-corrected chi connectivity index (χ3v) is 5.32. The third-order valence-electron chi connectivity index (χ3n) is 4.33. The highest BCUT2D eigenvalue weighted by Crippen LogP contribution is 2.26. The van der Waals surface area contributed by atoms with Gasteiger partial charge in [0.05, 0.1) is 6.04 Å². The second-order valence-corrected chi connectivity index (χ2v) is 7.68. The van der Waals surface area contributed by atoms with Gasteiger partial charge in [-0.1, -0.05) is 12.8 Å². The van der Waals surface area contributed by atoms with Crippen molar-refractivity contribution in [2.75, 3.05) is 13.1 Å². The quantitative estimate of drug-likeness (QED) is 0.917. The molecule has 0 aromatic carbocycles. The van der Waals surface area contributed by atoms with Gasteiger partial charge in [-0.2, -0.15) is 0 Å². The van der Waals surface area contributed by atoms with Gasteiger partial charge in [0.25, 0.3) is 0 Å². The van der Waals surface area contributed by atoms with E-state index in [1.54, 1.807) is 0 Å². The lowest BCUT2D eigenvalue weighted by molar-refractivity contribution is -0.133. The maximum atomic E-state index is 12.6. The van der Waals surface area contributed by atoms with Gasteiger partial charge < -0.3 is 4.90 Å². The molecule has 1 aliphatic heterocycles. The Morgan fingerprint density at radius 1 is 1.19 bits per heavy atom. The van der Waals surface area contributed by atoms with Gasteiger partial charge in [-0.3, -0.25) is 10.1 Å². The monoisotopic (exact) mass is 308 g/mol. The van der Waals surface area contributed by atoms with E-state index in [2.05, 4.69) is 32.2 Å². The molecule has 0 spiro atoms. The van der Waals surface area contributed by atoms with Gasteiger partial charge in [-0.25, -0.2) is 0 Å². The number of nitrogens with one attached hydrogen (secondary N) is 1. The molecule has 1 aromatic heterocycles. The largest absolute Gasteiger partial charge is 0.341 e. The van der Waals surface area contributed by atoms with E-state index in [4.69, 9.17) is 0 Å². The van der Waals surface area contributed by atoms with Gasteiger partial charge in [-0.05, 0) is 52.2 Å². The van der Waals surface area contributed by atoms with Gasteiger partial charge in [-0.15, -0.1) is 11.3 Å². The van der Waals surface area contributed by atoms with Crippen molar-refractivity contribution in [3.05, 3.63) is 21.4 Å². The SMILES string of the molecule is Cc1cc(C(C)NC(C)C(=O)N2CCCCCC2)c(C)s1. The van der Waals surface area contributed by atoms with Crippen molar-refractivity contribution in [1.29, 1.82) is 0 Å². The van der Waals surface area contributed by atoms with Gasteiger partial charge in [0.1, 0.15) is 0 Å². The van der Waals surface area contributed by atoms with Gasteiger partial charge in [0, 0.05) is 28.9 Å². The number of thiophene rings is 1. The predicted octanol–water partition coefficient (Wildman–Crippen LogP) is 3.81. The lowest BCUT2D eigenvalue weighted by Crippen LogP contribution is -2.46. The molecule has 2 atom stereocenters. The van der Waals surface area contributed by atoms with Crippen molar-refractivity contribution in [1.82, 2.24) is 10.2 Å². The van der Waals surface area contributed by atoms with Crippen molar-refractivity contribution in [3.8, 4) is 0 Å². The lowest BCUT2D eigenvalue weighted by Gasteiger charge is -2.27. The van der Waals surface area contributed by atoms with E-state index < -0.39 is 0 Å². The van der Waals surface area contributed by atoms with E-state index in [9.17, 15) is 4.79 Å². The van der Waals surface area contributed by atoms with Gasteiger partial charge >= 0.3 is 0 Å². The summed E-state index contributed by atoms with van der Waals surface area (Å²) in [5, 5.41) is 3.48. The molecule has 1 saturated heterocycles. The first-order valence-corrected chi connectivity index (χ1v) is 8.92. The normalized spacial score (nSPS) is 19.1. The van der Waals surface area contributed by atoms with Crippen LogP contribution in [-0.2, 0) is 4.79 Å². The van der Waals surface area contributed by atoms with Crippen LogP contribution in [0.5, 0.6) is 0 Å². The fourth-order valence-corrected chi connectivity index (χ4v) is 4.20. The number of amides is 1. The Hall–Kier alpha value is -0.870. The van der Waals surface area contributed by atoms with Crippen molar-refractivity contribution in [2.24, 2.45) is 0 Å². The summed E-state index contributed by atoms with van der Waals surface area (Å²) in [4.78, 5) is 17.3. The fourth-order valence-electron chi connectivity index (χ4n) is 3.18. The van der Waals surface area contributed by atoms with Crippen molar-refractivity contribution in [3.63, 3.8) is 0 Å². The number of carbonyl (C=O) groups is 1. The molecule has 1 fully saturated rings. The van der Waals surface area contributed by atoms with Crippen LogP contribution in [-0.4, -0.2) is 29.9 Å². The molecule has 118 valence electrons. The summed E-state index contributed by atoms with van der Waals surface area (Å²) in [6, 6.07) is 2.35. The molecule has 0 saturated carbocycles. The second-order valence-electron chi connectivity index (χ2n) is 6.22. The molecule has 3 nitrogen and oxygen atoms in total. The summed E-state index contributed by atoms with van der Waals surface area (Å²) in [7, 11) is 0. The maximum Gasteiger partial charge on any atom is 0.239 e. The molecular formula is C17H28N2OS. The summed E-state index contributed by atoms with van der Waals surface area (Å²) in [5.41, 5.74) is 1.33. The van der Waals surface area contributed by atoms with Crippen LogP contribution in [0.3, 0.4) is 0 Å². The van der Waals surface area contributed by atoms with E-state index in [-0.39, 0.29) is 18.0 Å². The Morgan fingerprint density at radius 2 is 1.81 bits per heavy atom. The first kappa shape index (κ1) is 16.5. The zero-order valence-corrected chi connectivity index (χ0v) is 14.6. The lowest BCUT2D eigenvalue weighted by atomic mass is 10.1. The maximum absolute atomic E-state index is 12.6. The van der Waals surface area contributed by atoms with E-state index in [1.807, 2.05) is 23.2 Å². The topological polar surface area (TPSA) is 32.3 Å². The Kier molecular flexibility index (Phi) is 5.82. The molecule has 0 radical (unpaired) electrons. The Morgan fingerprint density at radius 3 is 2.33 bits per heavy atom. The van der Waals surface area contributed by atoms with Crippen LogP contribution in [0.25, 0.3) is 0 Å². The zero-order chi connectivity index (χ0) is 15.4. The molecule has 4 heteroatoms. The molecule has 0 bridgehead atoms.